The lowest BCUT2D eigenvalue weighted by Crippen LogP contribution is -2.68. The van der Waals surface area contributed by atoms with Crippen LogP contribution >= 0.6 is 23.1 Å². The third-order valence-electron chi connectivity index (χ3n) is 2.70. The van der Waals surface area contributed by atoms with Gasteiger partial charge in [-0.2, -0.15) is 4.40 Å². The second kappa shape index (κ2) is 8.57. The van der Waals surface area contributed by atoms with Crippen molar-refractivity contribution >= 4 is 27.9 Å². The number of rotatable bonds is 2. The highest BCUT2D eigenvalue weighted by atomic mass is 35.7. The Hall–Kier alpha value is -1.23. The maximum atomic E-state index is 8.49. The second-order valence-corrected chi connectivity index (χ2v) is 6.85. The van der Waals surface area contributed by atoms with Gasteiger partial charge in [0.25, 0.3) is 4.83 Å². The molecular weight excluding hydrogens is 362 g/mol. The first-order valence-corrected chi connectivity index (χ1v) is 9.30. The molecule has 0 saturated carbocycles. The van der Waals surface area contributed by atoms with E-state index in [1.807, 2.05) is 11.3 Å². The summed E-state index contributed by atoms with van der Waals surface area (Å²) in [7, 11) is -4.94. The Kier molecular flexibility index (Phi) is 7.39. The van der Waals surface area contributed by atoms with Crippen LogP contribution < -0.4 is 23.0 Å². The Bertz CT molecular complexity index is 704. The molecule has 1 aromatic carbocycles. The number of thioether (sulfide) groups is 1. The molecule has 0 saturated heterocycles. The SMILES string of the molecule is CSc1ccc(-c2c[n+]3ccccc3s2)cc1.O.[O-][Cl+3]([O-])([O-])[O-]. The van der Waals surface area contributed by atoms with Gasteiger partial charge < -0.3 is 5.48 Å². The lowest BCUT2D eigenvalue weighted by Gasteiger charge is -2.17. The van der Waals surface area contributed by atoms with E-state index in [1.165, 1.54) is 20.2 Å². The van der Waals surface area contributed by atoms with E-state index in [4.69, 9.17) is 18.6 Å². The molecule has 2 aromatic heterocycles. The number of aromatic nitrogens is 1. The van der Waals surface area contributed by atoms with E-state index in [9.17, 15) is 0 Å². The van der Waals surface area contributed by atoms with E-state index < -0.39 is 10.2 Å². The van der Waals surface area contributed by atoms with Gasteiger partial charge in [-0.1, -0.05) is 23.5 Å². The van der Waals surface area contributed by atoms with Gasteiger partial charge in [0.05, 0.1) is 0 Å². The molecule has 0 atom stereocenters. The van der Waals surface area contributed by atoms with Gasteiger partial charge in [0.1, 0.15) is 4.88 Å². The summed E-state index contributed by atoms with van der Waals surface area (Å²) in [5.74, 6) is 0. The van der Waals surface area contributed by atoms with Crippen molar-refractivity contribution in [1.82, 2.24) is 0 Å². The zero-order valence-corrected chi connectivity index (χ0v) is 14.4. The molecule has 0 aliphatic carbocycles. The van der Waals surface area contributed by atoms with Crippen LogP contribution in [0, 0.1) is 10.2 Å². The predicted octanol–water partition coefficient (Wildman–Crippen LogP) is -1.70. The van der Waals surface area contributed by atoms with Crippen molar-refractivity contribution in [2.24, 2.45) is 0 Å². The van der Waals surface area contributed by atoms with Gasteiger partial charge in [-0.25, -0.2) is 18.6 Å². The summed E-state index contributed by atoms with van der Waals surface area (Å²) in [5.41, 5.74) is 1.29. The number of fused-ring (bicyclic) bond motifs is 1. The first-order valence-electron chi connectivity index (χ1n) is 6.03. The first-order chi connectivity index (χ1) is 10.4. The Morgan fingerprint density at radius 1 is 1.00 bits per heavy atom. The summed E-state index contributed by atoms with van der Waals surface area (Å²) < 4.78 is 36.1. The summed E-state index contributed by atoms with van der Waals surface area (Å²) >= 11 is 3.60. The molecule has 0 spiro atoms. The summed E-state index contributed by atoms with van der Waals surface area (Å²) in [6.07, 6.45) is 6.38. The van der Waals surface area contributed by atoms with Crippen LogP contribution in [-0.2, 0) is 0 Å². The van der Waals surface area contributed by atoms with Crippen molar-refractivity contribution in [2.45, 2.75) is 4.90 Å². The number of thiazole rings is 1. The van der Waals surface area contributed by atoms with E-state index in [0.717, 1.165) is 0 Å². The van der Waals surface area contributed by atoms with Gasteiger partial charge in [-0.15, -0.1) is 22.0 Å². The van der Waals surface area contributed by atoms with Crippen molar-refractivity contribution in [3.05, 3.63) is 54.9 Å². The molecule has 6 nitrogen and oxygen atoms in total. The number of hydrogen-bond acceptors (Lipinski definition) is 6. The van der Waals surface area contributed by atoms with Gasteiger partial charge in [-0.05, 0) is 30.0 Å². The zero-order valence-electron chi connectivity index (χ0n) is 12.0. The van der Waals surface area contributed by atoms with E-state index in [2.05, 4.69) is 65.5 Å². The highest BCUT2D eigenvalue weighted by molar-refractivity contribution is 7.98. The maximum Gasteiger partial charge on any atom is 0.267 e. The van der Waals surface area contributed by atoms with Crippen molar-refractivity contribution in [2.75, 3.05) is 6.26 Å². The van der Waals surface area contributed by atoms with Gasteiger partial charge in [-0.3, -0.25) is 0 Å². The average Bonchev–Trinajstić information content (AvgIpc) is 2.89. The van der Waals surface area contributed by atoms with Crippen LogP contribution in [0.25, 0.3) is 15.3 Å². The van der Waals surface area contributed by atoms with E-state index in [-0.39, 0.29) is 5.48 Å². The third kappa shape index (κ3) is 6.42. The first kappa shape index (κ1) is 19.8. The summed E-state index contributed by atoms with van der Waals surface area (Å²) in [6, 6.07) is 15.0. The Morgan fingerprint density at radius 3 is 2.13 bits per heavy atom. The van der Waals surface area contributed by atoms with Crippen molar-refractivity contribution < 1.29 is 38.8 Å². The standard InChI is InChI=1S/C14H12NS2.ClHO4.H2O/c1-16-12-7-5-11(6-8-12)13-10-15-9-3-2-4-14(15)17-13;2-1(3,4)5;/h2-10H,1H3;(H,2,3,4,5);1H2/q+1;;/p-1. The monoisotopic (exact) mass is 375 g/mol. The van der Waals surface area contributed by atoms with Crippen molar-refractivity contribution in [1.29, 1.82) is 0 Å². The second-order valence-electron chi connectivity index (χ2n) is 4.15. The summed E-state index contributed by atoms with van der Waals surface area (Å²) in [6.45, 7) is 0. The Labute approximate surface area is 143 Å². The molecule has 2 N–H and O–H groups in total. The largest absolute Gasteiger partial charge is 0.412 e. The van der Waals surface area contributed by atoms with E-state index in [0.29, 0.717) is 0 Å². The molecule has 0 amide bonds. The highest BCUT2D eigenvalue weighted by Crippen LogP contribution is 2.27. The van der Waals surface area contributed by atoms with Crippen LogP contribution in [0.5, 0.6) is 0 Å². The van der Waals surface area contributed by atoms with Crippen molar-refractivity contribution in [3.8, 4) is 10.4 Å². The van der Waals surface area contributed by atoms with Gasteiger partial charge in [0.15, 0.2) is 12.4 Å². The van der Waals surface area contributed by atoms with Crippen LogP contribution in [-0.4, -0.2) is 11.7 Å². The lowest BCUT2D eigenvalue weighted by molar-refractivity contribution is -2.00. The number of halogens is 1. The molecule has 0 fully saturated rings. The maximum absolute atomic E-state index is 8.49. The Morgan fingerprint density at radius 2 is 1.61 bits per heavy atom. The van der Waals surface area contributed by atoms with E-state index >= 15 is 0 Å². The molecule has 0 aliphatic heterocycles. The van der Waals surface area contributed by atoms with E-state index in [1.54, 1.807) is 11.8 Å². The van der Waals surface area contributed by atoms with Gasteiger partial charge in [0.2, 0.25) is 0 Å². The molecule has 23 heavy (non-hydrogen) atoms. The molecule has 0 aliphatic rings. The molecule has 0 radical (unpaired) electrons. The predicted molar refractivity (Wildman–Crippen MR) is 78.3 cm³/mol. The molecule has 3 aromatic rings. The third-order valence-corrected chi connectivity index (χ3v) is 4.56. The molecule has 124 valence electrons. The highest BCUT2D eigenvalue weighted by Gasteiger charge is 2.10. The minimum atomic E-state index is -4.94. The number of pyridine rings is 1. The Balaban J connectivity index is 0.000000390. The topological polar surface area (TPSA) is 128 Å². The summed E-state index contributed by atoms with van der Waals surface area (Å²) in [4.78, 5) is 3.89. The fraction of sp³-hybridized carbons (Fsp3) is 0.0714. The average molecular weight is 376 g/mol. The van der Waals surface area contributed by atoms with Gasteiger partial charge >= 0.3 is 0 Å². The molecule has 2 heterocycles. The van der Waals surface area contributed by atoms with Crippen LogP contribution in [0.3, 0.4) is 0 Å². The minimum Gasteiger partial charge on any atom is -0.412 e. The number of hydrogen-bond donors (Lipinski definition) is 0. The molecule has 9 heteroatoms. The van der Waals surface area contributed by atoms with Crippen LogP contribution in [0.1, 0.15) is 0 Å². The summed E-state index contributed by atoms with van der Waals surface area (Å²) in [5, 5.41) is 0. The molecule has 3 rings (SSSR count). The van der Waals surface area contributed by atoms with Crippen LogP contribution in [0.4, 0.5) is 0 Å². The fourth-order valence-electron chi connectivity index (χ4n) is 1.79. The molecule has 0 bridgehead atoms. The lowest BCUT2D eigenvalue weighted by atomic mass is 10.2. The zero-order chi connectivity index (χ0) is 16.2. The normalized spacial score (nSPS) is 10.7. The molecule has 0 unspecified atom stereocenters. The smallest absolute Gasteiger partial charge is 0.267 e. The van der Waals surface area contributed by atoms with Crippen LogP contribution in [0.2, 0.25) is 0 Å². The number of benzene rings is 1. The van der Waals surface area contributed by atoms with Gasteiger partial charge in [0, 0.05) is 17.0 Å². The number of nitrogens with zero attached hydrogens (tertiary/aromatic N) is 1. The van der Waals surface area contributed by atoms with Crippen molar-refractivity contribution in [3.63, 3.8) is 0 Å². The van der Waals surface area contributed by atoms with Crippen LogP contribution in [0.15, 0.2) is 59.8 Å². The quantitative estimate of drug-likeness (QED) is 0.389. The minimum absolute atomic E-state index is 0. The fourth-order valence-corrected chi connectivity index (χ4v) is 3.21. The molecular formula is C14H14ClNO5S2.